The van der Waals surface area contributed by atoms with Gasteiger partial charge < -0.3 is 14.1 Å². The van der Waals surface area contributed by atoms with Crippen molar-refractivity contribution in [3.8, 4) is 28.4 Å². The third-order valence-corrected chi connectivity index (χ3v) is 5.47. The molecule has 0 spiro atoms. The van der Waals surface area contributed by atoms with Gasteiger partial charge >= 0.3 is 0 Å². The molecule has 0 saturated carbocycles. The van der Waals surface area contributed by atoms with E-state index < -0.39 is 0 Å². The number of hydrogen-bond acceptors (Lipinski definition) is 6. The molecule has 31 heavy (non-hydrogen) atoms. The number of nitrogens with one attached hydrogen (secondary N) is 1. The third-order valence-electron chi connectivity index (χ3n) is 5.47. The predicted molar refractivity (Wildman–Crippen MR) is 117 cm³/mol. The topological polar surface area (TPSA) is 85.0 Å². The quantitative estimate of drug-likeness (QED) is 0.482. The molecule has 1 N–H and O–H groups in total. The Morgan fingerprint density at radius 2 is 1.84 bits per heavy atom. The molecular weight excluding hydrogens is 392 g/mol. The van der Waals surface area contributed by atoms with Crippen LogP contribution in [0.3, 0.4) is 0 Å². The van der Waals surface area contributed by atoms with E-state index in [9.17, 15) is 0 Å². The summed E-state index contributed by atoms with van der Waals surface area (Å²) in [6.07, 6.45) is 5.50. The Labute approximate surface area is 178 Å². The van der Waals surface area contributed by atoms with Crippen LogP contribution in [0, 0.1) is 0 Å². The maximum atomic E-state index is 6.23. The Balaban J connectivity index is 1.48. The Kier molecular flexibility index (Phi) is 4.28. The lowest BCUT2D eigenvalue weighted by atomic mass is 10.2. The van der Waals surface area contributed by atoms with Crippen molar-refractivity contribution in [2.75, 3.05) is 31.2 Å². The van der Waals surface area contributed by atoms with Crippen LogP contribution in [0.2, 0.25) is 0 Å². The van der Waals surface area contributed by atoms with Crippen molar-refractivity contribution in [1.82, 2.24) is 25.0 Å². The maximum absolute atomic E-state index is 6.23. The average Bonchev–Trinajstić information content (AvgIpc) is 3.60. The second kappa shape index (κ2) is 7.41. The third kappa shape index (κ3) is 3.27. The van der Waals surface area contributed by atoms with Gasteiger partial charge in [0.15, 0.2) is 11.4 Å². The van der Waals surface area contributed by atoms with E-state index in [1.165, 1.54) is 0 Å². The first-order chi connectivity index (χ1) is 15.3. The van der Waals surface area contributed by atoms with Crippen LogP contribution in [0.5, 0.6) is 0 Å². The lowest BCUT2D eigenvalue weighted by Crippen LogP contribution is -2.36. The summed E-state index contributed by atoms with van der Waals surface area (Å²) in [6.45, 7) is 2.98. The number of ether oxygens (including phenoxy) is 1. The molecule has 0 radical (unpaired) electrons. The normalized spacial score (nSPS) is 14.4. The van der Waals surface area contributed by atoms with Crippen molar-refractivity contribution in [2.24, 2.45) is 0 Å². The molecule has 0 amide bonds. The lowest BCUT2D eigenvalue weighted by molar-refractivity contribution is 0.122. The highest BCUT2D eigenvalue weighted by molar-refractivity contribution is 5.91. The van der Waals surface area contributed by atoms with Gasteiger partial charge in [0.25, 0.3) is 0 Å². The highest BCUT2D eigenvalue weighted by Gasteiger charge is 2.21. The minimum atomic E-state index is 0.689. The summed E-state index contributed by atoms with van der Waals surface area (Å²) in [5, 5.41) is 11.6. The second-order valence-corrected chi connectivity index (χ2v) is 7.42. The van der Waals surface area contributed by atoms with E-state index in [2.05, 4.69) is 27.2 Å². The van der Waals surface area contributed by atoms with Crippen LogP contribution < -0.4 is 4.90 Å². The zero-order valence-corrected chi connectivity index (χ0v) is 16.7. The molecule has 154 valence electrons. The fourth-order valence-electron chi connectivity index (χ4n) is 3.89. The summed E-state index contributed by atoms with van der Waals surface area (Å²) in [7, 11) is 0. The van der Waals surface area contributed by atoms with Crippen molar-refractivity contribution >= 4 is 16.8 Å². The van der Waals surface area contributed by atoms with Gasteiger partial charge in [0.1, 0.15) is 11.3 Å². The van der Waals surface area contributed by atoms with Crippen molar-refractivity contribution in [3.63, 3.8) is 0 Å². The first kappa shape index (κ1) is 17.9. The highest BCUT2D eigenvalue weighted by Crippen LogP contribution is 2.34. The zero-order valence-electron chi connectivity index (χ0n) is 16.7. The Morgan fingerprint density at radius 1 is 0.968 bits per heavy atom. The second-order valence-electron chi connectivity index (χ2n) is 7.42. The van der Waals surface area contributed by atoms with Crippen LogP contribution >= 0.6 is 0 Å². The number of rotatable bonds is 4. The summed E-state index contributed by atoms with van der Waals surface area (Å²) in [6, 6.07) is 16.1. The number of morpholine rings is 1. The molecule has 0 atom stereocenters. The Morgan fingerprint density at radius 3 is 2.65 bits per heavy atom. The first-order valence-corrected chi connectivity index (χ1v) is 10.2. The number of furan rings is 1. The largest absolute Gasteiger partial charge is 0.452 e. The average molecular weight is 412 g/mol. The van der Waals surface area contributed by atoms with Crippen molar-refractivity contribution in [1.29, 1.82) is 0 Å². The van der Waals surface area contributed by atoms with Gasteiger partial charge in [-0.25, -0.2) is 9.67 Å². The number of pyridine rings is 1. The number of fused-ring (bicyclic) bond motifs is 1. The highest BCUT2D eigenvalue weighted by atomic mass is 16.5. The van der Waals surface area contributed by atoms with E-state index in [0.717, 1.165) is 58.3 Å². The molecule has 8 heteroatoms. The van der Waals surface area contributed by atoms with Gasteiger partial charge in [-0.1, -0.05) is 30.3 Å². The van der Waals surface area contributed by atoms with Crippen LogP contribution in [-0.4, -0.2) is 51.3 Å². The molecule has 1 aliphatic rings. The monoisotopic (exact) mass is 412 g/mol. The first-order valence-electron chi connectivity index (χ1n) is 10.2. The SMILES string of the molecule is c1ccc(-c2ccn(-c3cc(N4CCOCC4)c4oc(-c5cn[nH]c5)cc4n3)n2)cc1. The number of nitrogens with zero attached hydrogens (tertiary/aromatic N) is 5. The molecule has 5 aromatic rings. The number of H-pyrrole nitrogens is 1. The molecule has 1 aliphatic heterocycles. The minimum absolute atomic E-state index is 0.689. The van der Waals surface area contributed by atoms with Crippen molar-refractivity contribution in [2.45, 2.75) is 0 Å². The van der Waals surface area contributed by atoms with E-state index in [1.807, 2.05) is 53.5 Å². The fraction of sp³-hybridized carbons (Fsp3) is 0.174. The molecule has 1 aromatic carbocycles. The van der Waals surface area contributed by atoms with E-state index in [0.29, 0.717) is 13.2 Å². The Bertz CT molecular complexity index is 1320. The van der Waals surface area contributed by atoms with Crippen LogP contribution in [0.15, 0.2) is 71.5 Å². The van der Waals surface area contributed by atoms with Gasteiger partial charge in [0.05, 0.1) is 36.4 Å². The molecule has 4 aromatic heterocycles. The van der Waals surface area contributed by atoms with E-state index in [4.69, 9.17) is 19.2 Å². The lowest BCUT2D eigenvalue weighted by Gasteiger charge is -2.28. The summed E-state index contributed by atoms with van der Waals surface area (Å²) < 4.78 is 13.6. The number of anilines is 1. The molecule has 1 saturated heterocycles. The fourth-order valence-corrected chi connectivity index (χ4v) is 3.89. The summed E-state index contributed by atoms with van der Waals surface area (Å²) in [5.41, 5.74) is 5.40. The predicted octanol–water partition coefficient (Wildman–Crippen LogP) is 3.91. The van der Waals surface area contributed by atoms with Crippen molar-refractivity contribution in [3.05, 3.63) is 67.1 Å². The molecule has 0 unspecified atom stereocenters. The Hall–Kier alpha value is -3.91. The number of aromatic amines is 1. The van der Waals surface area contributed by atoms with Crippen LogP contribution in [0.25, 0.3) is 39.5 Å². The zero-order chi connectivity index (χ0) is 20.6. The van der Waals surface area contributed by atoms with Crippen LogP contribution in [-0.2, 0) is 4.74 Å². The maximum Gasteiger partial charge on any atom is 0.176 e. The molecule has 5 heterocycles. The summed E-state index contributed by atoms with van der Waals surface area (Å²) >= 11 is 0. The molecule has 6 rings (SSSR count). The van der Waals surface area contributed by atoms with E-state index >= 15 is 0 Å². The van der Waals surface area contributed by atoms with Gasteiger partial charge in [0, 0.05) is 43.2 Å². The number of benzene rings is 1. The molecule has 1 fully saturated rings. The molecule has 0 aliphatic carbocycles. The summed E-state index contributed by atoms with van der Waals surface area (Å²) in [4.78, 5) is 7.14. The van der Waals surface area contributed by atoms with Crippen molar-refractivity contribution < 1.29 is 9.15 Å². The van der Waals surface area contributed by atoms with E-state index in [1.54, 1.807) is 6.20 Å². The van der Waals surface area contributed by atoms with Crippen LogP contribution in [0.1, 0.15) is 0 Å². The van der Waals surface area contributed by atoms with E-state index in [-0.39, 0.29) is 0 Å². The molecule has 0 bridgehead atoms. The van der Waals surface area contributed by atoms with Crippen LogP contribution in [0.4, 0.5) is 5.69 Å². The number of hydrogen-bond donors (Lipinski definition) is 1. The summed E-state index contributed by atoms with van der Waals surface area (Å²) in [5.74, 6) is 1.48. The van der Waals surface area contributed by atoms with Gasteiger partial charge in [-0.15, -0.1) is 0 Å². The van der Waals surface area contributed by atoms with Gasteiger partial charge in [-0.05, 0) is 6.07 Å². The minimum Gasteiger partial charge on any atom is -0.452 e. The molecule has 8 nitrogen and oxygen atoms in total. The van der Waals surface area contributed by atoms with Gasteiger partial charge in [-0.3, -0.25) is 5.10 Å². The van der Waals surface area contributed by atoms with Gasteiger partial charge in [0.2, 0.25) is 0 Å². The molecular formula is C23H20N6O2. The standard InChI is InChI=1S/C23H20N6O2/c1-2-4-16(5-3-1)18-6-7-29(27-18)22-13-20(28-8-10-30-11-9-28)23-19(26-22)12-21(31-23)17-14-24-25-15-17/h1-7,12-15H,8-11H2,(H,24,25). The smallest absolute Gasteiger partial charge is 0.176 e. The van der Waals surface area contributed by atoms with Gasteiger partial charge in [-0.2, -0.15) is 10.2 Å². The number of aromatic nitrogens is 5.